The number of benzene rings is 1. The predicted octanol–water partition coefficient (Wildman–Crippen LogP) is 3.53. The van der Waals surface area contributed by atoms with Crippen molar-refractivity contribution in [2.75, 3.05) is 63.2 Å². The Morgan fingerprint density at radius 1 is 1.27 bits per heavy atom. The molecule has 1 aromatic carbocycles. The van der Waals surface area contributed by atoms with E-state index in [4.69, 9.17) is 26.3 Å². The highest BCUT2D eigenvalue weighted by Gasteiger charge is 2.38. The molecule has 0 spiro atoms. The minimum absolute atomic E-state index is 0.0860. The van der Waals surface area contributed by atoms with Crippen LogP contribution in [0.5, 0.6) is 6.01 Å². The van der Waals surface area contributed by atoms with E-state index in [0.717, 1.165) is 30.0 Å². The molecule has 2 fully saturated rings. The Balaban J connectivity index is 1.42. The van der Waals surface area contributed by atoms with Crippen molar-refractivity contribution in [1.82, 2.24) is 19.8 Å². The molecule has 9 nitrogen and oxygen atoms in total. The molecular formula is C29H35ClFN7O2. The molecule has 40 heavy (non-hydrogen) atoms. The number of piperazine rings is 1. The van der Waals surface area contributed by atoms with Crippen LogP contribution in [0.15, 0.2) is 30.9 Å². The molecular weight excluding hydrogens is 533 g/mol. The fourth-order valence-corrected chi connectivity index (χ4v) is 5.95. The fourth-order valence-electron chi connectivity index (χ4n) is 5.78. The van der Waals surface area contributed by atoms with Crippen LogP contribution in [0.2, 0.25) is 5.02 Å². The third-order valence-corrected chi connectivity index (χ3v) is 8.25. The number of halogens is 2. The lowest BCUT2D eigenvalue weighted by Crippen LogP contribution is -2.55. The number of carbonyl (C=O) groups excluding carboxylic acids is 1. The molecule has 1 amide bonds. The number of hydrogen-bond acceptors (Lipinski definition) is 8. The Morgan fingerprint density at radius 2 is 2.10 bits per heavy atom. The van der Waals surface area contributed by atoms with Gasteiger partial charge < -0.3 is 24.3 Å². The number of nitriles is 1. The molecule has 0 radical (unpaired) electrons. The maximum Gasteiger partial charge on any atom is 0.318 e. The number of fused-ring (bicyclic) bond motifs is 1. The van der Waals surface area contributed by atoms with Crippen molar-refractivity contribution >= 4 is 29.0 Å². The maximum atomic E-state index is 14.9. The van der Waals surface area contributed by atoms with Gasteiger partial charge in [0.2, 0.25) is 5.91 Å². The van der Waals surface area contributed by atoms with Gasteiger partial charge in [-0.25, -0.2) is 4.39 Å². The largest absolute Gasteiger partial charge is 0.463 e. The monoisotopic (exact) mass is 567 g/mol. The molecule has 3 heterocycles. The quantitative estimate of drug-likeness (QED) is 0.425. The first-order valence-electron chi connectivity index (χ1n) is 13.7. The maximum absolute atomic E-state index is 14.9. The molecule has 2 aliphatic heterocycles. The highest BCUT2D eigenvalue weighted by Crippen LogP contribution is 2.39. The standard InChI is InChI=1S/C29H35ClFN7O2/c1-4-26(39)38-13-12-37(16-21(38)8-10-32)28-22-9-11-36(25-7-5-6-23(30)27(25)31)17-24(22)33-29(34-28)40-18-20-14-19(20)15-35(2)3/h4-7,19-21H,1,8-9,11-18H2,2-3H3/t19?,20?,21-/m0/s1. The van der Waals surface area contributed by atoms with Gasteiger partial charge in [-0.15, -0.1) is 0 Å². The Labute approximate surface area is 239 Å². The van der Waals surface area contributed by atoms with Gasteiger partial charge in [0.1, 0.15) is 5.82 Å². The van der Waals surface area contributed by atoms with Crippen molar-refractivity contribution in [2.45, 2.75) is 31.8 Å². The van der Waals surface area contributed by atoms with E-state index in [1.54, 1.807) is 23.1 Å². The van der Waals surface area contributed by atoms with Crippen LogP contribution in [0.4, 0.5) is 15.9 Å². The molecule has 1 aromatic heterocycles. The van der Waals surface area contributed by atoms with Crippen LogP contribution in [-0.4, -0.2) is 85.1 Å². The summed E-state index contributed by atoms with van der Waals surface area (Å²) in [6.07, 6.45) is 3.24. The molecule has 3 atom stereocenters. The highest BCUT2D eigenvalue weighted by molar-refractivity contribution is 6.31. The Hall–Kier alpha value is -3.42. The summed E-state index contributed by atoms with van der Waals surface area (Å²) in [4.78, 5) is 30.1. The van der Waals surface area contributed by atoms with Gasteiger partial charge in [0, 0.05) is 38.3 Å². The van der Waals surface area contributed by atoms with Gasteiger partial charge in [-0.1, -0.05) is 24.2 Å². The van der Waals surface area contributed by atoms with Gasteiger partial charge >= 0.3 is 6.01 Å². The Kier molecular flexibility index (Phi) is 8.43. The average molecular weight is 568 g/mol. The zero-order valence-electron chi connectivity index (χ0n) is 23.0. The first-order valence-corrected chi connectivity index (χ1v) is 14.1. The molecule has 3 aliphatic rings. The molecule has 1 saturated carbocycles. The number of rotatable bonds is 9. The number of anilines is 2. The number of hydrogen-bond donors (Lipinski definition) is 0. The van der Waals surface area contributed by atoms with Crippen molar-refractivity contribution in [3.8, 4) is 12.1 Å². The van der Waals surface area contributed by atoms with E-state index >= 15 is 0 Å². The molecule has 212 valence electrons. The Bertz CT molecular complexity index is 1320. The molecule has 1 aliphatic carbocycles. The molecule has 1 saturated heterocycles. The fraction of sp³-hybridized carbons (Fsp3) is 0.517. The third kappa shape index (κ3) is 6.01. The van der Waals surface area contributed by atoms with Crippen molar-refractivity contribution < 1.29 is 13.9 Å². The van der Waals surface area contributed by atoms with Gasteiger partial charge in [0.15, 0.2) is 5.82 Å². The van der Waals surface area contributed by atoms with E-state index in [0.29, 0.717) is 69.3 Å². The lowest BCUT2D eigenvalue weighted by Gasteiger charge is -2.42. The Morgan fingerprint density at radius 3 is 2.85 bits per heavy atom. The van der Waals surface area contributed by atoms with E-state index in [2.05, 4.69) is 36.5 Å². The summed E-state index contributed by atoms with van der Waals surface area (Å²) in [5, 5.41) is 9.53. The van der Waals surface area contributed by atoms with Gasteiger partial charge in [0.25, 0.3) is 0 Å². The third-order valence-electron chi connectivity index (χ3n) is 7.96. The predicted molar refractivity (Wildman–Crippen MR) is 152 cm³/mol. The van der Waals surface area contributed by atoms with Crippen LogP contribution in [0, 0.1) is 29.0 Å². The van der Waals surface area contributed by atoms with E-state index in [9.17, 15) is 14.4 Å². The molecule has 5 rings (SSSR count). The minimum atomic E-state index is -0.443. The van der Waals surface area contributed by atoms with Gasteiger partial charge in [-0.2, -0.15) is 15.2 Å². The van der Waals surface area contributed by atoms with Crippen molar-refractivity contribution in [3.63, 3.8) is 0 Å². The van der Waals surface area contributed by atoms with Crippen molar-refractivity contribution in [3.05, 3.63) is 53.0 Å². The van der Waals surface area contributed by atoms with Gasteiger partial charge in [-0.05, 0) is 57.0 Å². The zero-order chi connectivity index (χ0) is 28.4. The first kappa shape index (κ1) is 28.1. The van der Waals surface area contributed by atoms with Crippen LogP contribution < -0.4 is 14.5 Å². The molecule has 11 heteroatoms. The first-order chi connectivity index (χ1) is 19.3. The summed E-state index contributed by atoms with van der Waals surface area (Å²) in [5.41, 5.74) is 2.21. The summed E-state index contributed by atoms with van der Waals surface area (Å²) < 4.78 is 21.1. The molecule has 0 N–H and O–H groups in total. The number of nitrogens with zero attached hydrogens (tertiary/aromatic N) is 7. The van der Waals surface area contributed by atoms with Crippen molar-refractivity contribution in [2.24, 2.45) is 11.8 Å². The van der Waals surface area contributed by atoms with E-state index in [-0.39, 0.29) is 23.4 Å². The van der Waals surface area contributed by atoms with E-state index in [1.807, 2.05) is 4.90 Å². The zero-order valence-corrected chi connectivity index (χ0v) is 23.8. The van der Waals surface area contributed by atoms with Crippen LogP contribution in [-0.2, 0) is 17.8 Å². The van der Waals surface area contributed by atoms with E-state index in [1.165, 1.54) is 6.08 Å². The number of amides is 1. The summed E-state index contributed by atoms with van der Waals surface area (Å²) in [6, 6.07) is 7.26. The van der Waals surface area contributed by atoms with Gasteiger partial charge in [0.05, 0.1) is 48.1 Å². The number of ether oxygens (including phenoxy) is 1. The summed E-state index contributed by atoms with van der Waals surface area (Å²) in [5.74, 6) is 1.22. The van der Waals surface area contributed by atoms with Crippen LogP contribution >= 0.6 is 11.6 Å². The second-order valence-electron chi connectivity index (χ2n) is 11.0. The van der Waals surface area contributed by atoms with Gasteiger partial charge in [-0.3, -0.25) is 4.79 Å². The SMILES string of the molecule is C=CC(=O)N1CCN(c2nc(OCC3CC3CN(C)C)nc3c2CCN(c2cccc(Cl)c2F)C3)C[C@@H]1CC#N. The van der Waals surface area contributed by atoms with Crippen LogP contribution in [0.25, 0.3) is 0 Å². The average Bonchev–Trinajstić information content (AvgIpc) is 3.69. The van der Waals surface area contributed by atoms with Crippen LogP contribution in [0.3, 0.4) is 0 Å². The molecule has 2 unspecified atom stereocenters. The summed E-state index contributed by atoms with van der Waals surface area (Å²) in [6.45, 7) is 7.64. The lowest BCUT2D eigenvalue weighted by molar-refractivity contribution is -0.128. The van der Waals surface area contributed by atoms with Crippen molar-refractivity contribution in [1.29, 1.82) is 5.26 Å². The lowest BCUT2D eigenvalue weighted by atomic mass is 10.0. The normalized spacial score (nSPS) is 22.1. The smallest absolute Gasteiger partial charge is 0.318 e. The number of carbonyl (C=O) groups is 1. The summed E-state index contributed by atoms with van der Waals surface area (Å²) in [7, 11) is 4.15. The number of aromatic nitrogens is 2. The van der Waals surface area contributed by atoms with E-state index < -0.39 is 5.82 Å². The summed E-state index contributed by atoms with van der Waals surface area (Å²) >= 11 is 6.08. The molecule has 0 bridgehead atoms. The van der Waals surface area contributed by atoms with Crippen LogP contribution in [0.1, 0.15) is 24.1 Å². The second-order valence-corrected chi connectivity index (χ2v) is 11.4. The highest BCUT2D eigenvalue weighted by atomic mass is 35.5. The second kappa shape index (κ2) is 12.0. The topological polar surface area (TPSA) is 88.8 Å². The minimum Gasteiger partial charge on any atom is -0.463 e. The molecule has 2 aromatic rings.